The molecule has 144 valence electrons. The van der Waals surface area contributed by atoms with Crippen LogP contribution in [0.25, 0.3) is 0 Å². The molecule has 0 aromatic carbocycles. The zero-order valence-corrected chi connectivity index (χ0v) is 16.6. The third-order valence-corrected chi connectivity index (χ3v) is 5.00. The monoisotopic (exact) mass is 382 g/mol. The number of hydrogen-bond donors (Lipinski definition) is 3. The van der Waals surface area contributed by atoms with Crippen molar-refractivity contribution in [2.45, 2.75) is 53.2 Å². The van der Waals surface area contributed by atoms with Crippen molar-refractivity contribution in [1.82, 2.24) is 10.2 Å². The summed E-state index contributed by atoms with van der Waals surface area (Å²) in [6.45, 7) is 11.4. The fraction of sp³-hybridized carbons (Fsp3) is 0.588. The third kappa shape index (κ3) is 4.95. The molecule has 0 saturated carbocycles. The highest BCUT2D eigenvalue weighted by Gasteiger charge is 2.29. The zero-order valence-electron chi connectivity index (χ0n) is 15.8. The van der Waals surface area contributed by atoms with E-state index in [4.69, 9.17) is 9.94 Å². The van der Waals surface area contributed by atoms with Crippen molar-refractivity contribution in [3.8, 4) is 0 Å². The Morgan fingerprint density at radius 2 is 2.08 bits per heavy atom. The van der Waals surface area contributed by atoms with Gasteiger partial charge in [0.25, 0.3) is 5.91 Å². The molecule has 1 aliphatic heterocycles. The van der Waals surface area contributed by atoms with E-state index < -0.39 is 17.6 Å². The van der Waals surface area contributed by atoms with Crippen LogP contribution in [0.1, 0.15) is 55.4 Å². The van der Waals surface area contributed by atoms with E-state index in [2.05, 4.69) is 27.6 Å². The molecule has 26 heavy (non-hydrogen) atoms. The average molecular weight is 382 g/mol. The molecule has 0 bridgehead atoms. The molecule has 2 rings (SSSR count). The third-order valence-electron chi connectivity index (χ3n) is 3.87. The predicted octanol–water partition coefficient (Wildman–Crippen LogP) is 3.01. The molecule has 0 unspecified atom stereocenters. The summed E-state index contributed by atoms with van der Waals surface area (Å²) in [6.07, 6.45) is 0.110. The first-order valence-corrected chi connectivity index (χ1v) is 9.33. The average Bonchev–Trinajstić information content (AvgIpc) is 2.89. The molecule has 0 fully saturated rings. The van der Waals surface area contributed by atoms with E-state index in [0.717, 1.165) is 30.1 Å². The summed E-state index contributed by atoms with van der Waals surface area (Å²) < 4.78 is 5.30. The van der Waals surface area contributed by atoms with E-state index >= 15 is 0 Å². The van der Waals surface area contributed by atoms with Gasteiger partial charge >= 0.3 is 6.09 Å². The molecule has 1 aromatic rings. The van der Waals surface area contributed by atoms with Crippen molar-refractivity contribution in [2.75, 3.05) is 18.4 Å². The molecule has 0 spiro atoms. The van der Waals surface area contributed by atoms with Gasteiger partial charge < -0.3 is 15.3 Å². The number of amidine groups is 1. The molecule has 0 radical (unpaired) electrons. The number of nitrogens with zero attached hydrogens (tertiary/aromatic N) is 2. The minimum Gasteiger partial charge on any atom is -0.444 e. The van der Waals surface area contributed by atoms with Crippen LogP contribution in [-0.2, 0) is 17.7 Å². The van der Waals surface area contributed by atoms with Crippen LogP contribution in [0.5, 0.6) is 0 Å². The Bertz CT molecular complexity index is 721. The van der Waals surface area contributed by atoms with E-state index in [1.54, 1.807) is 20.8 Å². The summed E-state index contributed by atoms with van der Waals surface area (Å²) in [5.74, 6) is -0.321. The molecule has 8 nitrogen and oxygen atoms in total. The van der Waals surface area contributed by atoms with Crippen LogP contribution in [0.4, 0.5) is 9.80 Å². The van der Waals surface area contributed by atoms with Crippen molar-refractivity contribution >= 4 is 34.2 Å². The minimum atomic E-state index is -0.636. The van der Waals surface area contributed by atoms with Crippen molar-refractivity contribution in [3.63, 3.8) is 0 Å². The van der Waals surface area contributed by atoms with Gasteiger partial charge in [0.05, 0.1) is 5.56 Å². The quantitative estimate of drug-likeness (QED) is 0.323. The van der Waals surface area contributed by atoms with Gasteiger partial charge in [0.15, 0.2) is 0 Å². The zero-order chi connectivity index (χ0) is 19.5. The first-order valence-electron chi connectivity index (χ1n) is 8.51. The van der Waals surface area contributed by atoms with Crippen LogP contribution in [0.15, 0.2) is 5.16 Å². The van der Waals surface area contributed by atoms with Gasteiger partial charge in [-0.15, -0.1) is 11.3 Å². The van der Waals surface area contributed by atoms with Crippen LogP contribution < -0.4 is 10.6 Å². The maximum atomic E-state index is 12.7. The Morgan fingerprint density at radius 3 is 2.65 bits per heavy atom. The van der Waals surface area contributed by atoms with Gasteiger partial charge in [0.1, 0.15) is 16.4 Å². The first-order chi connectivity index (χ1) is 12.1. The first kappa shape index (κ1) is 20.2. The fourth-order valence-corrected chi connectivity index (χ4v) is 3.98. The molecule has 1 aromatic heterocycles. The maximum Gasteiger partial charge on any atom is 0.412 e. The maximum absolute atomic E-state index is 12.7. The molecular weight excluding hydrogens is 356 g/mol. The van der Waals surface area contributed by atoms with Crippen molar-refractivity contribution < 1.29 is 19.5 Å². The van der Waals surface area contributed by atoms with Gasteiger partial charge in [-0.25, -0.2) is 4.79 Å². The number of fused-ring (bicyclic) bond motifs is 1. The number of thiophene rings is 1. The van der Waals surface area contributed by atoms with Gasteiger partial charge in [-0.1, -0.05) is 12.1 Å². The number of anilines is 1. The molecule has 0 saturated heterocycles. The van der Waals surface area contributed by atoms with Crippen LogP contribution in [0.2, 0.25) is 0 Å². The number of amides is 2. The van der Waals surface area contributed by atoms with Gasteiger partial charge in [0.2, 0.25) is 0 Å². The highest BCUT2D eigenvalue weighted by atomic mass is 32.1. The summed E-state index contributed by atoms with van der Waals surface area (Å²) in [6, 6.07) is 0. The van der Waals surface area contributed by atoms with Crippen LogP contribution >= 0.6 is 11.3 Å². The molecule has 0 atom stereocenters. The van der Waals surface area contributed by atoms with E-state index in [1.165, 1.54) is 18.3 Å². The summed E-state index contributed by atoms with van der Waals surface area (Å²) in [5.41, 5.74) is 0.700. The topological polar surface area (TPSA) is 103 Å². The predicted molar refractivity (Wildman–Crippen MR) is 101 cm³/mol. The van der Waals surface area contributed by atoms with Gasteiger partial charge in [0, 0.05) is 18.0 Å². The highest BCUT2D eigenvalue weighted by Crippen LogP contribution is 2.37. The summed E-state index contributed by atoms with van der Waals surface area (Å²) in [5, 5.41) is 17.5. The van der Waals surface area contributed by atoms with Crippen molar-refractivity contribution in [2.24, 2.45) is 5.16 Å². The number of carbonyl (C=O) groups is 2. The van der Waals surface area contributed by atoms with Gasteiger partial charge in [-0.3, -0.25) is 15.0 Å². The van der Waals surface area contributed by atoms with E-state index in [9.17, 15) is 9.59 Å². The lowest BCUT2D eigenvalue weighted by Gasteiger charge is -2.25. The minimum absolute atomic E-state index is 0.0872. The molecule has 1 aliphatic rings. The molecular formula is C17H26N4O4S. The normalized spacial score (nSPS) is 15.3. The number of oxime groups is 1. The van der Waals surface area contributed by atoms with Crippen LogP contribution in [0, 0.1) is 0 Å². The lowest BCUT2D eigenvalue weighted by atomic mass is 10.0. The number of nitrogens with one attached hydrogen (secondary N) is 2. The van der Waals surface area contributed by atoms with E-state index in [0.29, 0.717) is 17.0 Å². The summed E-state index contributed by atoms with van der Waals surface area (Å²) in [7, 11) is 0. The Kier molecular flexibility index (Phi) is 6.25. The number of hydrogen-bond acceptors (Lipinski definition) is 7. The second-order valence-corrected chi connectivity index (χ2v) is 8.20. The lowest BCUT2D eigenvalue weighted by molar-refractivity contribution is 0.0636. The Labute approximate surface area is 157 Å². The number of likely N-dealkylation sites (N-methyl/N-ethyl adjacent to an activating group) is 1. The van der Waals surface area contributed by atoms with E-state index in [1.807, 2.05) is 0 Å². The number of carbonyl (C=O) groups excluding carboxylic acids is 2. The number of rotatable bonds is 3. The van der Waals surface area contributed by atoms with Crippen LogP contribution in [0.3, 0.4) is 0 Å². The van der Waals surface area contributed by atoms with Crippen LogP contribution in [-0.4, -0.2) is 46.6 Å². The fourth-order valence-electron chi connectivity index (χ4n) is 2.70. The molecule has 9 heteroatoms. The molecule has 3 N–H and O–H groups in total. The smallest absolute Gasteiger partial charge is 0.412 e. The summed E-state index contributed by atoms with van der Waals surface area (Å²) in [4.78, 5) is 28.2. The molecule has 0 aliphatic carbocycles. The second kappa shape index (κ2) is 8.05. The Balaban J connectivity index is 2.35. The van der Waals surface area contributed by atoms with Gasteiger partial charge in [-0.05, 0) is 46.2 Å². The van der Waals surface area contributed by atoms with Crippen molar-refractivity contribution in [3.05, 3.63) is 16.0 Å². The molecule has 2 heterocycles. The molecule has 2 amide bonds. The second-order valence-electron chi connectivity index (χ2n) is 7.09. The number of ether oxygens (including phenoxy) is 1. The lowest BCUT2D eigenvalue weighted by Crippen LogP contribution is -2.33. The van der Waals surface area contributed by atoms with Gasteiger partial charge in [-0.2, -0.15) is 0 Å². The summed E-state index contributed by atoms with van der Waals surface area (Å²) >= 11 is 1.38. The Hall–Kier alpha value is -2.13. The largest absolute Gasteiger partial charge is 0.444 e. The standard InChI is InChI=1S/C17H26N4O4S/c1-6-21-8-7-11-12(9-21)26-15(19-16(23)25-17(3,4)5)13(11)14(22)18-10(2)20-24/h24H,6-9H2,1-5H3,(H,19,23)(H,18,20,22). The highest BCUT2D eigenvalue weighted by molar-refractivity contribution is 7.17. The Morgan fingerprint density at radius 1 is 1.38 bits per heavy atom. The van der Waals surface area contributed by atoms with E-state index in [-0.39, 0.29) is 5.84 Å². The van der Waals surface area contributed by atoms with Crippen molar-refractivity contribution in [1.29, 1.82) is 0 Å². The SMILES string of the molecule is CCN1CCc2c(sc(NC(=O)OC(C)(C)C)c2C(=O)N/C(C)=N/O)C1.